The highest BCUT2D eigenvalue weighted by Gasteiger charge is 2.25. The lowest BCUT2D eigenvalue weighted by Crippen LogP contribution is -2.21. The molecule has 0 unspecified atom stereocenters. The van der Waals surface area contributed by atoms with Crippen LogP contribution in [0, 0.1) is 5.82 Å². The first-order valence-electron chi connectivity index (χ1n) is 11.6. The summed E-state index contributed by atoms with van der Waals surface area (Å²) in [5.41, 5.74) is 5.38. The van der Waals surface area contributed by atoms with Crippen molar-refractivity contribution in [1.29, 1.82) is 0 Å². The summed E-state index contributed by atoms with van der Waals surface area (Å²) >= 11 is 0. The molecule has 4 aromatic rings. The van der Waals surface area contributed by atoms with Crippen molar-refractivity contribution in [3.63, 3.8) is 0 Å². The van der Waals surface area contributed by atoms with Crippen molar-refractivity contribution in [2.75, 3.05) is 0 Å². The Kier molecular flexibility index (Phi) is 5.98. The van der Waals surface area contributed by atoms with Gasteiger partial charge >= 0.3 is 0 Å². The molecule has 9 heteroatoms. The van der Waals surface area contributed by atoms with E-state index in [-0.39, 0.29) is 22.4 Å². The Morgan fingerprint density at radius 2 is 2.03 bits per heavy atom. The molecule has 0 saturated heterocycles. The molecule has 0 amide bonds. The number of aromatic nitrogens is 4. The van der Waals surface area contributed by atoms with Crippen LogP contribution in [0.2, 0.25) is 0 Å². The lowest BCUT2D eigenvalue weighted by atomic mass is 10.1. The Morgan fingerprint density at radius 3 is 2.80 bits per heavy atom. The number of hydrazone groups is 1. The fourth-order valence-corrected chi connectivity index (χ4v) is 3.81. The Labute approximate surface area is 201 Å². The van der Waals surface area contributed by atoms with Gasteiger partial charge < -0.3 is 4.57 Å². The lowest BCUT2D eigenvalue weighted by molar-refractivity contribution is 0.625. The fourth-order valence-electron chi connectivity index (χ4n) is 3.81. The highest BCUT2D eigenvalue weighted by atomic mass is 19.1. The summed E-state index contributed by atoms with van der Waals surface area (Å²) in [6.07, 6.45) is 8.72. The molecule has 3 aromatic heterocycles. The van der Waals surface area contributed by atoms with Crippen LogP contribution >= 0.6 is 0 Å². The van der Waals surface area contributed by atoms with Gasteiger partial charge in [0.05, 0.1) is 35.0 Å². The van der Waals surface area contributed by atoms with Crippen molar-refractivity contribution < 1.29 is 4.39 Å². The molecular formula is C26H26FN7O. The van der Waals surface area contributed by atoms with Crippen LogP contribution in [0.25, 0.3) is 22.3 Å². The van der Waals surface area contributed by atoms with Crippen LogP contribution in [0.5, 0.6) is 0 Å². The van der Waals surface area contributed by atoms with E-state index in [1.54, 1.807) is 49.6 Å². The Hall–Kier alpha value is -4.14. The molecule has 3 heterocycles. The van der Waals surface area contributed by atoms with E-state index in [4.69, 9.17) is 0 Å². The molecule has 8 nitrogen and oxygen atoms in total. The minimum atomic E-state index is -0.500. The molecule has 0 atom stereocenters. The molecular weight excluding hydrogens is 445 g/mol. The second-order valence-electron chi connectivity index (χ2n) is 8.94. The number of imidazole rings is 1. The zero-order valence-electron chi connectivity index (χ0n) is 19.8. The van der Waals surface area contributed by atoms with Crippen molar-refractivity contribution >= 4 is 22.8 Å². The molecule has 0 bridgehead atoms. The van der Waals surface area contributed by atoms with Crippen LogP contribution in [0.1, 0.15) is 50.9 Å². The maximum atomic E-state index is 15.0. The third-order valence-electron chi connectivity index (χ3n) is 5.86. The first-order valence-corrected chi connectivity index (χ1v) is 11.6. The monoisotopic (exact) mass is 471 g/mol. The summed E-state index contributed by atoms with van der Waals surface area (Å²) in [6, 6.07) is 10.5. The molecule has 178 valence electrons. The quantitative estimate of drug-likeness (QED) is 0.247. The van der Waals surface area contributed by atoms with E-state index in [0.29, 0.717) is 23.1 Å². The van der Waals surface area contributed by atoms with Gasteiger partial charge in [0.25, 0.3) is 5.56 Å². The predicted octanol–water partition coefficient (Wildman–Crippen LogP) is 4.34. The molecule has 35 heavy (non-hydrogen) atoms. The van der Waals surface area contributed by atoms with E-state index >= 15 is 4.39 Å². The molecule has 1 aromatic carbocycles. The van der Waals surface area contributed by atoms with Crippen LogP contribution in [-0.4, -0.2) is 37.2 Å². The summed E-state index contributed by atoms with van der Waals surface area (Å²) in [5, 5.41) is 4.78. The van der Waals surface area contributed by atoms with E-state index in [1.807, 2.05) is 24.6 Å². The molecule has 1 N–H and O–H groups in total. The van der Waals surface area contributed by atoms with Gasteiger partial charge in [0.15, 0.2) is 0 Å². The molecule has 0 spiro atoms. The van der Waals surface area contributed by atoms with E-state index in [0.717, 1.165) is 24.2 Å². The number of pyridine rings is 2. The SMILES string of the molecule is C/C(=N\NC=NC(C)C)c1cccc(-n2cc(F)c3ccc(-n4cnc(C5CC5)c4)cc3c2=O)n1. The number of halogens is 1. The average molecular weight is 472 g/mol. The van der Waals surface area contributed by atoms with Crippen molar-refractivity contribution in [3.05, 3.63) is 82.7 Å². The molecule has 1 saturated carbocycles. The van der Waals surface area contributed by atoms with Crippen molar-refractivity contribution in [2.45, 2.75) is 45.6 Å². The number of aliphatic imine (C=N–C) groups is 1. The first kappa shape index (κ1) is 22.6. The summed E-state index contributed by atoms with van der Waals surface area (Å²) in [6.45, 7) is 5.72. The molecule has 0 radical (unpaired) electrons. The van der Waals surface area contributed by atoms with Crippen molar-refractivity contribution in [2.24, 2.45) is 10.1 Å². The van der Waals surface area contributed by atoms with Crippen LogP contribution in [0.3, 0.4) is 0 Å². The van der Waals surface area contributed by atoms with Crippen molar-refractivity contribution in [3.8, 4) is 11.5 Å². The minimum absolute atomic E-state index is 0.156. The van der Waals surface area contributed by atoms with Gasteiger partial charge in [-0.05, 0) is 63.9 Å². The number of hydrogen-bond donors (Lipinski definition) is 1. The lowest BCUT2D eigenvalue weighted by Gasteiger charge is -2.10. The van der Waals surface area contributed by atoms with Crippen molar-refractivity contribution in [1.82, 2.24) is 24.5 Å². The third kappa shape index (κ3) is 4.75. The van der Waals surface area contributed by atoms with Crippen LogP contribution in [0.4, 0.5) is 4.39 Å². The average Bonchev–Trinajstić information content (AvgIpc) is 3.60. The van der Waals surface area contributed by atoms with Gasteiger partial charge in [-0.25, -0.2) is 14.4 Å². The predicted molar refractivity (Wildman–Crippen MR) is 135 cm³/mol. The van der Waals surface area contributed by atoms with E-state index in [1.165, 1.54) is 17.1 Å². The maximum absolute atomic E-state index is 15.0. The van der Waals surface area contributed by atoms with Gasteiger partial charge in [-0.1, -0.05) is 6.07 Å². The van der Waals surface area contributed by atoms with Gasteiger partial charge in [-0.3, -0.25) is 19.8 Å². The summed E-state index contributed by atoms with van der Waals surface area (Å²) < 4.78 is 18.1. The molecule has 5 rings (SSSR count). The molecule has 0 aliphatic heterocycles. The summed E-state index contributed by atoms with van der Waals surface area (Å²) in [7, 11) is 0. The topological polar surface area (TPSA) is 89.5 Å². The standard InChI is InChI=1S/C26H26FN7O/c1-16(2)28-14-30-32-17(3)23-5-4-6-25(31-23)34-12-22(27)20-10-9-19(11-21(20)26(34)35)33-13-24(29-15-33)18-7-8-18/h4-6,9-16,18H,7-8H2,1-3H3,(H,28,30)/b32-17+. The summed E-state index contributed by atoms with van der Waals surface area (Å²) in [5.74, 6) is 0.330. The second-order valence-corrected chi connectivity index (χ2v) is 8.94. The van der Waals surface area contributed by atoms with Crippen LogP contribution in [0.15, 0.2) is 70.0 Å². The number of fused-ring (bicyclic) bond motifs is 1. The van der Waals surface area contributed by atoms with E-state index in [9.17, 15) is 4.79 Å². The first-order chi connectivity index (χ1) is 16.9. The maximum Gasteiger partial charge on any atom is 0.264 e. The number of rotatable bonds is 7. The number of benzene rings is 1. The fraction of sp³-hybridized carbons (Fsp3) is 0.269. The molecule has 1 aliphatic rings. The number of nitrogens with zero attached hydrogens (tertiary/aromatic N) is 6. The van der Waals surface area contributed by atoms with Gasteiger partial charge in [-0.2, -0.15) is 5.10 Å². The van der Waals surface area contributed by atoms with E-state index < -0.39 is 5.82 Å². The minimum Gasteiger partial charge on any atom is -0.306 e. The number of hydrogen-bond acceptors (Lipinski definition) is 5. The van der Waals surface area contributed by atoms with Gasteiger partial charge in [0.1, 0.15) is 18.0 Å². The second kappa shape index (κ2) is 9.25. The van der Waals surface area contributed by atoms with Gasteiger partial charge in [0, 0.05) is 29.2 Å². The molecule has 1 aliphatic carbocycles. The largest absolute Gasteiger partial charge is 0.306 e. The van der Waals surface area contributed by atoms with Crippen LogP contribution < -0.4 is 11.0 Å². The number of nitrogens with one attached hydrogen (secondary N) is 1. The Morgan fingerprint density at radius 1 is 1.20 bits per heavy atom. The van der Waals surface area contributed by atoms with E-state index in [2.05, 4.69) is 25.5 Å². The van der Waals surface area contributed by atoms with Gasteiger partial charge in [0.2, 0.25) is 0 Å². The Bertz CT molecular complexity index is 1510. The zero-order chi connectivity index (χ0) is 24.5. The zero-order valence-corrected chi connectivity index (χ0v) is 19.8. The third-order valence-corrected chi connectivity index (χ3v) is 5.86. The Balaban J connectivity index is 1.51. The smallest absolute Gasteiger partial charge is 0.264 e. The van der Waals surface area contributed by atoms with Crippen LogP contribution in [-0.2, 0) is 0 Å². The molecule has 1 fully saturated rings. The normalized spacial score (nSPS) is 14.4. The highest BCUT2D eigenvalue weighted by Crippen LogP contribution is 2.39. The van der Waals surface area contributed by atoms with Gasteiger partial charge in [-0.15, -0.1) is 0 Å². The summed E-state index contributed by atoms with van der Waals surface area (Å²) in [4.78, 5) is 26.6. The highest BCUT2D eigenvalue weighted by molar-refractivity contribution is 5.97.